The van der Waals surface area contributed by atoms with Crippen LogP contribution in [0.2, 0.25) is 0 Å². The summed E-state index contributed by atoms with van der Waals surface area (Å²) in [7, 11) is 0. The lowest BCUT2D eigenvalue weighted by Gasteiger charge is -2.43. The highest BCUT2D eigenvalue weighted by molar-refractivity contribution is 7.11. The van der Waals surface area contributed by atoms with Gasteiger partial charge in [-0.3, -0.25) is 9.69 Å². The van der Waals surface area contributed by atoms with Crippen LogP contribution in [-0.4, -0.2) is 55.9 Å². The fourth-order valence-corrected chi connectivity index (χ4v) is 4.60. The zero-order valence-electron chi connectivity index (χ0n) is 15.3. The van der Waals surface area contributed by atoms with E-state index in [1.54, 1.807) is 28.4 Å². The summed E-state index contributed by atoms with van der Waals surface area (Å²) in [4.78, 5) is 19.0. The fraction of sp³-hybridized carbons (Fsp3) is 0.450. The Balaban J connectivity index is 1.52. The van der Waals surface area contributed by atoms with E-state index < -0.39 is 5.60 Å². The molecule has 5 nitrogen and oxygen atoms in total. The van der Waals surface area contributed by atoms with Gasteiger partial charge in [-0.1, -0.05) is 0 Å². The summed E-state index contributed by atoms with van der Waals surface area (Å²) in [6, 6.07) is 10.3. The Morgan fingerprint density at radius 1 is 1.19 bits per heavy atom. The number of aryl methyl sites for hydroxylation is 1. The van der Waals surface area contributed by atoms with E-state index in [2.05, 4.69) is 24.0 Å². The molecule has 0 saturated carbocycles. The summed E-state index contributed by atoms with van der Waals surface area (Å²) in [6.07, 6.45) is 0. The molecule has 0 aliphatic carbocycles. The molecule has 1 spiro atoms. The van der Waals surface area contributed by atoms with Crippen molar-refractivity contribution in [2.75, 3.05) is 44.4 Å². The summed E-state index contributed by atoms with van der Waals surface area (Å²) < 4.78 is 25.1. The van der Waals surface area contributed by atoms with Crippen molar-refractivity contribution in [1.29, 1.82) is 0 Å². The second kappa shape index (κ2) is 7.67. The Bertz CT molecular complexity index is 810. The molecule has 2 aliphatic heterocycles. The van der Waals surface area contributed by atoms with Crippen LogP contribution in [0.25, 0.3) is 0 Å². The van der Waals surface area contributed by atoms with Crippen molar-refractivity contribution in [3.8, 4) is 0 Å². The SMILES string of the molecule is Cc1ccc(CN2CCOC[C@]3(C2)CN(c2ccc(F)cc2)C(=O)CO3)s1. The number of thiophene rings is 1. The Morgan fingerprint density at radius 2 is 2.00 bits per heavy atom. The maximum Gasteiger partial charge on any atom is 0.253 e. The maximum absolute atomic E-state index is 13.3. The molecule has 2 fully saturated rings. The van der Waals surface area contributed by atoms with E-state index in [1.165, 1.54) is 21.9 Å². The molecule has 0 radical (unpaired) electrons. The lowest BCUT2D eigenvalue weighted by atomic mass is 10.0. The van der Waals surface area contributed by atoms with Gasteiger partial charge < -0.3 is 14.4 Å². The Labute approximate surface area is 162 Å². The molecule has 1 aromatic carbocycles. The van der Waals surface area contributed by atoms with Gasteiger partial charge in [-0.15, -0.1) is 11.3 Å². The Morgan fingerprint density at radius 3 is 2.74 bits per heavy atom. The molecule has 1 aromatic heterocycles. The highest BCUT2D eigenvalue weighted by Crippen LogP contribution is 2.28. The normalized spacial score (nSPS) is 24.4. The van der Waals surface area contributed by atoms with Crippen molar-refractivity contribution >= 4 is 22.9 Å². The first kappa shape index (κ1) is 18.6. The first-order valence-electron chi connectivity index (χ1n) is 9.08. The minimum atomic E-state index is -0.578. The number of benzene rings is 1. The van der Waals surface area contributed by atoms with Crippen molar-refractivity contribution < 1.29 is 18.7 Å². The van der Waals surface area contributed by atoms with Crippen LogP contribution < -0.4 is 4.90 Å². The predicted molar refractivity (Wildman–Crippen MR) is 103 cm³/mol. The molecule has 3 heterocycles. The van der Waals surface area contributed by atoms with Crippen LogP contribution in [0.15, 0.2) is 36.4 Å². The van der Waals surface area contributed by atoms with E-state index in [9.17, 15) is 9.18 Å². The van der Waals surface area contributed by atoms with Crippen LogP contribution in [0.4, 0.5) is 10.1 Å². The van der Waals surface area contributed by atoms with Crippen LogP contribution in [-0.2, 0) is 20.8 Å². The number of carbonyl (C=O) groups is 1. The summed E-state index contributed by atoms with van der Waals surface area (Å²) in [5.74, 6) is -0.429. The molecule has 7 heteroatoms. The standard InChI is InChI=1S/C20H23FN2O3S/c1-15-2-7-18(27-15)10-22-8-9-25-14-20(12-22)13-23(19(24)11-26-20)17-5-3-16(21)4-6-17/h2-7H,8-14H2,1H3/t20-/m0/s1. The van der Waals surface area contributed by atoms with Crippen LogP contribution in [0.3, 0.4) is 0 Å². The monoisotopic (exact) mass is 390 g/mol. The van der Waals surface area contributed by atoms with Gasteiger partial charge in [0.25, 0.3) is 5.91 Å². The average molecular weight is 390 g/mol. The fourth-order valence-electron chi connectivity index (χ4n) is 3.66. The number of morpholine rings is 1. The Kier molecular flexibility index (Phi) is 5.27. The third-order valence-corrected chi connectivity index (χ3v) is 5.98. The molecule has 144 valence electrons. The highest BCUT2D eigenvalue weighted by atomic mass is 32.1. The summed E-state index contributed by atoms with van der Waals surface area (Å²) in [5.41, 5.74) is 0.110. The lowest BCUT2D eigenvalue weighted by Crippen LogP contribution is -2.60. The second-order valence-electron chi connectivity index (χ2n) is 7.20. The number of carbonyl (C=O) groups excluding carboxylic acids is 1. The van der Waals surface area contributed by atoms with E-state index in [-0.39, 0.29) is 18.3 Å². The van der Waals surface area contributed by atoms with Gasteiger partial charge >= 0.3 is 0 Å². The third kappa shape index (κ3) is 4.21. The van der Waals surface area contributed by atoms with E-state index >= 15 is 0 Å². The van der Waals surface area contributed by atoms with Gasteiger partial charge in [-0.05, 0) is 43.3 Å². The maximum atomic E-state index is 13.3. The molecule has 27 heavy (non-hydrogen) atoms. The lowest BCUT2D eigenvalue weighted by molar-refractivity contribution is -0.146. The molecule has 0 N–H and O–H groups in total. The zero-order chi connectivity index (χ0) is 18.9. The minimum absolute atomic E-state index is 0.00663. The van der Waals surface area contributed by atoms with E-state index in [1.807, 2.05) is 0 Å². The molecule has 1 atom stereocenters. The molecular weight excluding hydrogens is 367 g/mol. The number of halogens is 1. The number of hydrogen-bond donors (Lipinski definition) is 0. The number of nitrogens with zero attached hydrogens (tertiary/aromatic N) is 2. The molecule has 4 rings (SSSR count). The topological polar surface area (TPSA) is 42.0 Å². The predicted octanol–water partition coefficient (Wildman–Crippen LogP) is 2.83. The molecule has 2 saturated heterocycles. The van der Waals surface area contributed by atoms with Gasteiger partial charge in [0.1, 0.15) is 18.0 Å². The van der Waals surface area contributed by atoms with E-state index in [4.69, 9.17) is 9.47 Å². The van der Waals surface area contributed by atoms with E-state index in [0.29, 0.717) is 32.0 Å². The molecule has 2 aliphatic rings. The van der Waals surface area contributed by atoms with Crippen LogP contribution in [0.1, 0.15) is 9.75 Å². The summed E-state index contributed by atoms with van der Waals surface area (Å²) >= 11 is 1.80. The average Bonchev–Trinajstić information content (AvgIpc) is 2.96. The summed E-state index contributed by atoms with van der Waals surface area (Å²) in [6.45, 7) is 5.96. The van der Waals surface area contributed by atoms with Gasteiger partial charge in [0.15, 0.2) is 0 Å². The number of rotatable bonds is 3. The van der Waals surface area contributed by atoms with Crippen molar-refractivity contribution in [2.45, 2.75) is 19.1 Å². The third-order valence-electron chi connectivity index (χ3n) is 4.99. The molecular formula is C20H23FN2O3S. The van der Waals surface area contributed by atoms with Gasteiger partial charge in [-0.25, -0.2) is 4.39 Å². The molecule has 0 bridgehead atoms. The van der Waals surface area contributed by atoms with E-state index in [0.717, 1.165) is 13.1 Å². The quantitative estimate of drug-likeness (QED) is 0.808. The summed E-state index contributed by atoms with van der Waals surface area (Å²) in [5, 5.41) is 0. The van der Waals surface area contributed by atoms with Crippen molar-refractivity contribution in [3.63, 3.8) is 0 Å². The number of ether oxygens (including phenoxy) is 2. The number of hydrogen-bond acceptors (Lipinski definition) is 5. The molecule has 2 aromatic rings. The van der Waals surface area contributed by atoms with Crippen LogP contribution >= 0.6 is 11.3 Å². The largest absolute Gasteiger partial charge is 0.377 e. The van der Waals surface area contributed by atoms with Crippen molar-refractivity contribution in [2.24, 2.45) is 0 Å². The smallest absolute Gasteiger partial charge is 0.253 e. The molecule has 1 amide bonds. The second-order valence-corrected chi connectivity index (χ2v) is 8.58. The highest BCUT2D eigenvalue weighted by Gasteiger charge is 2.43. The first-order chi connectivity index (χ1) is 13.0. The Hall–Kier alpha value is -1.80. The first-order valence-corrected chi connectivity index (χ1v) is 9.90. The number of anilines is 1. The minimum Gasteiger partial charge on any atom is -0.377 e. The number of amides is 1. The molecule has 0 unspecified atom stereocenters. The zero-order valence-corrected chi connectivity index (χ0v) is 16.1. The van der Waals surface area contributed by atoms with Crippen molar-refractivity contribution in [3.05, 3.63) is 52.0 Å². The van der Waals surface area contributed by atoms with Crippen LogP contribution in [0.5, 0.6) is 0 Å². The van der Waals surface area contributed by atoms with Gasteiger partial charge in [0, 0.05) is 35.1 Å². The van der Waals surface area contributed by atoms with Gasteiger partial charge in [0.05, 0.1) is 19.8 Å². The van der Waals surface area contributed by atoms with Gasteiger partial charge in [-0.2, -0.15) is 0 Å². The van der Waals surface area contributed by atoms with Crippen molar-refractivity contribution in [1.82, 2.24) is 4.90 Å². The van der Waals surface area contributed by atoms with Crippen LogP contribution in [0, 0.1) is 12.7 Å². The van der Waals surface area contributed by atoms with Gasteiger partial charge in [0.2, 0.25) is 0 Å².